The molecule has 1 heterocycles. The minimum Gasteiger partial charge on any atom is -0.375 e. The molecule has 0 aliphatic carbocycles. The molecule has 1 rings (SSSR count). The van der Waals surface area contributed by atoms with Gasteiger partial charge in [-0.15, -0.1) is 0 Å². The van der Waals surface area contributed by atoms with Gasteiger partial charge >= 0.3 is 0 Å². The van der Waals surface area contributed by atoms with E-state index in [9.17, 15) is 0 Å². The van der Waals surface area contributed by atoms with Gasteiger partial charge in [0.2, 0.25) is 0 Å². The smallest absolute Gasteiger partial charge is 0.0616 e. The third-order valence-electron chi connectivity index (χ3n) is 2.76. The van der Waals surface area contributed by atoms with Crippen molar-refractivity contribution >= 4 is 0 Å². The van der Waals surface area contributed by atoms with Gasteiger partial charge in [-0.1, -0.05) is 11.6 Å². The summed E-state index contributed by atoms with van der Waals surface area (Å²) in [5.41, 5.74) is 1.47. The first kappa shape index (κ1) is 11.7. The summed E-state index contributed by atoms with van der Waals surface area (Å²) in [5, 5.41) is 3.15. The molecule has 1 aliphatic rings. The zero-order chi connectivity index (χ0) is 10.4. The van der Waals surface area contributed by atoms with Gasteiger partial charge in [-0.25, -0.2) is 0 Å². The molecule has 1 aliphatic heterocycles. The number of ether oxygens (including phenoxy) is 1. The lowest BCUT2D eigenvalue weighted by Crippen LogP contribution is -2.09. The van der Waals surface area contributed by atoms with E-state index >= 15 is 0 Å². The Morgan fingerprint density at radius 2 is 2.29 bits per heavy atom. The van der Waals surface area contributed by atoms with E-state index in [1.165, 1.54) is 18.4 Å². The van der Waals surface area contributed by atoms with Crippen molar-refractivity contribution in [1.29, 1.82) is 0 Å². The first-order valence-corrected chi connectivity index (χ1v) is 5.68. The van der Waals surface area contributed by atoms with Crippen molar-refractivity contribution in [2.75, 3.05) is 13.6 Å². The monoisotopic (exact) mass is 197 g/mol. The molecule has 0 amide bonds. The van der Waals surface area contributed by atoms with E-state index in [4.69, 9.17) is 4.74 Å². The van der Waals surface area contributed by atoms with E-state index < -0.39 is 0 Å². The molecule has 2 heteroatoms. The molecular formula is C12H23NO. The summed E-state index contributed by atoms with van der Waals surface area (Å²) in [4.78, 5) is 0. The highest BCUT2D eigenvalue weighted by Gasteiger charge is 2.21. The fourth-order valence-corrected chi connectivity index (χ4v) is 1.94. The van der Waals surface area contributed by atoms with Gasteiger partial charge in [0.05, 0.1) is 12.2 Å². The van der Waals surface area contributed by atoms with E-state index in [2.05, 4.69) is 25.2 Å². The minimum atomic E-state index is 0.477. The first-order valence-electron chi connectivity index (χ1n) is 5.68. The molecule has 2 unspecified atom stereocenters. The zero-order valence-corrected chi connectivity index (χ0v) is 9.68. The molecule has 0 bridgehead atoms. The molecule has 1 fully saturated rings. The molecule has 0 radical (unpaired) electrons. The molecule has 0 aromatic heterocycles. The Balaban J connectivity index is 2.19. The van der Waals surface area contributed by atoms with Gasteiger partial charge < -0.3 is 10.1 Å². The van der Waals surface area contributed by atoms with Crippen LogP contribution in [0.15, 0.2) is 11.6 Å². The Morgan fingerprint density at radius 3 is 2.86 bits per heavy atom. The highest BCUT2D eigenvalue weighted by molar-refractivity contribution is 5.00. The normalized spacial score (nSPS) is 28.4. The van der Waals surface area contributed by atoms with E-state index in [1.54, 1.807) is 0 Å². The fraction of sp³-hybridized carbons (Fsp3) is 0.833. The van der Waals surface area contributed by atoms with Crippen LogP contribution in [-0.4, -0.2) is 25.8 Å². The van der Waals surface area contributed by atoms with Crippen LogP contribution in [0.4, 0.5) is 0 Å². The van der Waals surface area contributed by atoms with E-state index in [-0.39, 0.29) is 0 Å². The molecule has 82 valence electrons. The van der Waals surface area contributed by atoms with Gasteiger partial charge in [0, 0.05) is 0 Å². The summed E-state index contributed by atoms with van der Waals surface area (Å²) >= 11 is 0. The van der Waals surface area contributed by atoms with Crippen LogP contribution in [0.25, 0.3) is 0 Å². The third-order valence-corrected chi connectivity index (χ3v) is 2.76. The largest absolute Gasteiger partial charge is 0.375 e. The Morgan fingerprint density at radius 1 is 1.50 bits per heavy atom. The number of hydrogen-bond donors (Lipinski definition) is 1. The Kier molecular flexibility index (Phi) is 5.20. The molecule has 14 heavy (non-hydrogen) atoms. The van der Waals surface area contributed by atoms with Crippen molar-refractivity contribution in [2.24, 2.45) is 0 Å². The van der Waals surface area contributed by atoms with E-state index in [1.807, 2.05) is 7.05 Å². The van der Waals surface area contributed by atoms with Crippen molar-refractivity contribution < 1.29 is 4.74 Å². The van der Waals surface area contributed by atoms with Crippen LogP contribution in [0, 0.1) is 0 Å². The molecule has 0 aromatic carbocycles. The second kappa shape index (κ2) is 6.20. The SMILES string of the molecule is CNCC/C=C(/C)CC1CCC(C)O1. The Hall–Kier alpha value is -0.340. The van der Waals surface area contributed by atoms with Crippen LogP contribution >= 0.6 is 0 Å². The number of rotatable bonds is 5. The highest BCUT2D eigenvalue weighted by Crippen LogP contribution is 2.24. The number of nitrogens with one attached hydrogen (secondary N) is 1. The molecular weight excluding hydrogens is 174 g/mol. The minimum absolute atomic E-state index is 0.477. The van der Waals surface area contributed by atoms with Crippen molar-refractivity contribution in [2.45, 2.75) is 51.7 Å². The van der Waals surface area contributed by atoms with Crippen LogP contribution in [0.1, 0.15) is 39.5 Å². The van der Waals surface area contributed by atoms with Crippen LogP contribution < -0.4 is 5.32 Å². The lowest BCUT2D eigenvalue weighted by Gasteiger charge is -2.11. The third kappa shape index (κ3) is 4.25. The summed E-state index contributed by atoms with van der Waals surface area (Å²) in [6.45, 7) is 5.45. The van der Waals surface area contributed by atoms with Gasteiger partial charge in [-0.3, -0.25) is 0 Å². The maximum atomic E-state index is 5.78. The molecule has 2 atom stereocenters. The maximum absolute atomic E-state index is 5.78. The maximum Gasteiger partial charge on any atom is 0.0616 e. The Bertz CT molecular complexity index is 189. The van der Waals surface area contributed by atoms with Gasteiger partial charge in [0.15, 0.2) is 0 Å². The van der Waals surface area contributed by atoms with Gasteiger partial charge in [-0.05, 0) is 53.1 Å². The van der Waals surface area contributed by atoms with E-state index in [0.29, 0.717) is 12.2 Å². The lowest BCUT2D eigenvalue weighted by molar-refractivity contribution is 0.0564. The van der Waals surface area contributed by atoms with Crippen LogP contribution in [0.2, 0.25) is 0 Å². The lowest BCUT2D eigenvalue weighted by atomic mass is 10.1. The predicted molar refractivity (Wildman–Crippen MR) is 60.5 cm³/mol. The molecule has 2 nitrogen and oxygen atoms in total. The second-order valence-electron chi connectivity index (χ2n) is 4.29. The molecule has 0 saturated carbocycles. The van der Waals surface area contributed by atoms with Gasteiger partial charge in [0.25, 0.3) is 0 Å². The predicted octanol–water partition coefficient (Wildman–Crippen LogP) is 2.50. The van der Waals surface area contributed by atoms with Crippen molar-refractivity contribution in [3.05, 3.63) is 11.6 Å². The summed E-state index contributed by atoms with van der Waals surface area (Å²) in [6.07, 6.45) is 8.00. The molecule has 1 saturated heterocycles. The van der Waals surface area contributed by atoms with Crippen molar-refractivity contribution in [3.8, 4) is 0 Å². The average Bonchev–Trinajstić information content (AvgIpc) is 2.52. The molecule has 0 aromatic rings. The summed E-state index contributed by atoms with van der Waals surface area (Å²) in [5.74, 6) is 0. The van der Waals surface area contributed by atoms with Crippen molar-refractivity contribution in [1.82, 2.24) is 5.32 Å². The van der Waals surface area contributed by atoms with Crippen molar-refractivity contribution in [3.63, 3.8) is 0 Å². The molecule has 0 spiro atoms. The summed E-state index contributed by atoms with van der Waals surface area (Å²) < 4.78 is 5.78. The second-order valence-corrected chi connectivity index (χ2v) is 4.29. The van der Waals surface area contributed by atoms with Crippen LogP contribution in [0.5, 0.6) is 0 Å². The summed E-state index contributed by atoms with van der Waals surface area (Å²) in [6, 6.07) is 0. The quantitative estimate of drug-likeness (QED) is 0.540. The first-order chi connectivity index (χ1) is 6.72. The topological polar surface area (TPSA) is 21.3 Å². The highest BCUT2D eigenvalue weighted by atomic mass is 16.5. The summed E-state index contributed by atoms with van der Waals surface area (Å²) in [7, 11) is 1.99. The standard InChI is InChI=1S/C12H23NO/c1-10(5-4-8-13-3)9-12-7-6-11(2)14-12/h5,11-13H,4,6-9H2,1-3H3/b10-5-. The van der Waals surface area contributed by atoms with Gasteiger partial charge in [0.1, 0.15) is 0 Å². The van der Waals surface area contributed by atoms with Gasteiger partial charge in [-0.2, -0.15) is 0 Å². The van der Waals surface area contributed by atoms with E-state index in [0.717, 1.165) is 19.4 Å². The fourth-order valence-electron chi connectivity index (χ4n) is 1.94. The zero-order valence-electron chi connectivity index (χ0n) is 9.68. The van der Waals surface area contributed by atoms with Crippen LogP contribution in [-0.2, 0) is 4.74 Å². The van der Waals surface area contributed by atoms with Crippen LogP contribution in [0.3, 0.4) is 0 Å². The molecule has 1 N–H and O–H groups in total. The number of hydrogen-bond acceptors (Lipinski definition) is 2. The average molecular weight is 197 g/mol. The Labute approximate surface area is 87.7 Å².